The van der Waals surface area contributed by atoms with Crippen molar-refractivity contribution in [3.8, 4) is 16.9 Å². The molecule has 158 valence electrons. The number of alkyl halides is 3. The molecular formula is C22H14F3NO4S. The molecule has 0 fully saturated rings. The third-order valence-electron chi connectivity index (χ3n) is 4.65. The van der Waals surface area contributed by atoms with Crippen molar-refractivity contribution in [3.05, 3.63) is 84.6 Å². The number of halogens is 3. The van der Waals surface area contributed by atoms with Crippen LogP contribution in [0.3, 0.4) is 0 Å². The maximum Gasteiger partial charge on any atom is 0.573 e. The lowest BCUT2D eigenvalue weighted by atomic mass is 10.0. The molecule has 0 radical (unpaired) electrons. The van der Waals surface area contributed by atoms with E-state index < -0.39 is 16.4 Å². The molecule has 0 bridgehead atoms. The fourth-order valence-corrected chi connectivity index (χ4v) is 4.65. The smallest absolute Gasteiger partial charge is 0.406 e. The van der Waals surface area contributed by atoms with Gasteiger partial charge < -0.3 is 4.74 Å². The molecule has 31 heavy (non-hydrogen) atoms. The minimum absolute atomic E-state index is 0.0775. The van der Waals surface area contributed by atoms with Crippen LogP contribution in [0, 0.1) is 0 Å². The Morgan fingerprint density at radius 2 is 1.52 bits per heavy atom. The number of rotatable bonds is 5. The van der Waals surface area contributed by atoms with Gasteiger partial charge in [-0.25, -0.2) is 12.4 Å². The summed E-state index contributed by atoms with van der Waals surface area (Å²) in [6, 6.07) is 17.9. The van der Waals surface area contributed by atoms with Crippen molar-refractivity contribution in [2.75, 3.05) is 0 Å². The average molecular weight is 445 g/mol. The molecule has 1 heterocycles. The lowest BCUT2D eigenvalue weighted by molar-refractivity contribution is -0.274. The molecule has 0 aliphatic rings. The topological polar surface area (TPSA) is 65.4 Å². The van der Waals surface area contributed by atoms with Crippen LogP contribution in [-0.4, -0.2) is 25.0 Å². The monoisotopic (exact) mass is 445 g/mol. The molecule has 3 aromatic carbocycles. The van der Waals surface area contributed by atoms with Crippen LogP contribution in [0.4, 0.5) is 13.2 Å². The van der Waals surface area contributed by atoms with Gasteiger partial charge in [0.2, 0.25) is 0 Å². The number of hydrogen-bond acceptors (Lipinski definition) is 4. The maximum absolute atomic E-state index is 13.0. The zero-order chi connectivity index (χ0) is 22.2. The molecule has 0 spiro atoms. The van der Waals surface area contributed by atoms with Gasteiger partial charge in [0.15, 0.2) is 6.29 Å². The zero-order valence-electron chi connectivity index (χ0n) is 15.7. The molecule has 1 aromatic heterocycles. The lowest BCUT2D eigenvalue weighted by Gasteiger charge is -2.10. The summed E-state index contributed by atoms with van der Waals surface area (Å²) in [7, 11) is -3.92. The third-order valence-corrected chi connectivity index (χ3v) is 6.34. The van der Waals surface area contributed by atoms with Gasteiger partial charge in [-0.15, -0.1) is 13.2 Å². The van der Waals surface area contributed by atoms with Gasteiger partial charge in [-0.05, 0) is 47.5 Å². The Kier molecular flexibility index (Phi) is 5.06. The summed E-state index contributed by atoms with van der Waals surface area (Å²) in [5, 5.41) is 0.405. The highest BCUT2D eigenvalue weighted by Crippen LogP contribution is 2.31. The van der Waals surface area contributed by atoms with Gasteiger partial charge in [0.25, 0.3) is 10.0 Å². The van der Waals surface area contributed by atoms with Crippen molar-refractivity contribution < 1.29 is 31.1 Å². The number of carbonyl (C=O) groups is 1. The predicted molar refractivity (Wildman–Crippen MR) is 108 cm³/mol. The van der Waals surface area contributed by atoms with Crippen molar-refractivity contribution in [3.63, 3.8) is 0 Å². The first kappa shape index (κ1) is 20.7. The van der Waals surface area contributed by atoms with Gasteiger partial charge in [0, 0.05) is 17.1 Å². The van der Waals surface area contributed by atoms with E-state index in [-0.39, 0.29) is 16.2 Å². The molecule has 0 atom stereocenters. The first-order valence-corrected chi connectivity index (χ1v) is 10.4. The summed E-state index contributed by atoms with van der Waals surface area (Å²) in [6.45, 7) is 0. The Morgan fingerprint density at radius 3 is 2.13 bits per heavy atom. The molecular weight excluding hydrogens is 431 g/mol. The van der Waals surface area contributed by atoms with Crippen molar-refractivity contribution in [1.82, 2.24) is 3.97 Å². The van der Waals surface area contributed by atoms with Gasteiger partial charge in [-0.3, -0.25) is 4.79 Å². The molecule has 0 N–H and O–H groups in total. The van der Waals surface area contributed by atoms with Crippen LogP contribution in [0.2, 0.25) is 0 Å². The molecule has 0 aliphatic carbocycles. The summed E-state index contributed by atoms with van der Waals surface area (Å²) in [6.07, 6.45) is -2.97. The molecule has 0 unspecified atom stereocenters. The standard InChI is InChI=1S/C22H14F3NO4S/c23-22(24,25)30-18-9-6-15(7-10-18)16-8-11-21-20(12-16)17(14-27)13-26(21)31(28,29)19-4-2-1-3-5-19/h1-14H. The molecule has 0 aliphatic heterocycles. The lowest BCUT2D eigenvalue weighted by Crippen LogP contribution is -2.16. The fraction of sp³-hybridized carbons (Fsp3) is 0.0455. The molecule has 4 aromatic rings. The molecule has 0 saturated heterocycles. The van der Waals surface area contributed by atoms with Crippen LogP contribution in [-0.2, 0) is 10.0 Å². The van der Waals surface area contributed by atoms with E-state index in [0.29, 0.717) is 28.3 Å². The Bertz CT molecular complexity index is 1360. The SMILES string of the molecule is O=Cc1cn(S(=O)(=O)c2ccccc2)c2ccc(-c3ccc(OC(F)(F)F)cc3)cc12. The zero-order valence-corrected chi connectivity index (χ0v) is 16.5. The van der Waals surface area contributed by atoms with Crippen LogP contribution in [0.5, 0.6) is 5.75 Å². The fourth-order valence-electron chi connectivity index (χ4n) is 3.25. The number of carbonyl (C=O) groups excluding carboxylic acids is 1. The summed E-state index contributed by atoms with van der Waals surface area (Å²) in [5.41, 5.74) is 1.66. The Labute approximate surface area is 175 Å². The van der Waals surface area contributed by atoms with E-state index in [9.17, 15) is 26.4 Å². The van der Waals surface area contributed by atoms with Crippen molar-refractivity contribution in [2.24, 2.45) is 0 Å². The highest BCUT2D eigenvalue weighted by atomic mass is 32.2. The summed E-state index contributed by atoms with van der Waals surface area (Å²) in [4.78, 5) is 11.7. The number of benzene rings is 3. The number of nitrogens with zero attached hydrogens (tertiary/aromatic N) is 1. The van der Waals surface area contributed by atoms with Crippen molar-refractivity contribution in [1.29, 1.82) is 0 Å². The van der Waals surface area contributed by atoms with Gasteiger partial charge in [0.05, 0.1) is 10.4 Å². The molecule has 9 heteroatoms. The van der Waals surface area contributed by atoms with Crippen LogP contribution < -0.4 is 4.74 Å². The third kappa shape index (κ3) is 4.04. The summed E-state index contributed by atoms with van der Waals surface area (Å²) >= 11 is 0. The summed E-state index contributed by atoms with van der Waals surface area (Å²) in [5.74, 6) is -0.356. The molecule has 5 nitrogen and oxygen atoms in total. The van der Waals surface area contributed by atoms with E-state index in [0.717, 1.165) is 3.97 Å². The van der Waals surface area contributed by atoms with Gasteiger partial charge in [-0.1, -0.05) is 36.4 Å². The normalized spacial score (nSPS) is 12.1. The molecule has 4 rings (SSSR count). The van der Waals surface area contributed by atoms with Crippen LogP contribution in [0.25, 0.3) is 22.0 Å². The Morgan fingerprint density at radius 1 is 0.871 bits per heavy atom. The second kappa shape index (κ2) is 7.59. The van der Waals surface area contributed by atoms with Gasteiger partial charge in [0.1, 0.15) is 5.75 Å². The quantitative estimate of drug-likeness (QED) is 0.393. The van der Waals surface area contributed by atoms with Crippen LogP contribution in [0.1, 0.15) is 10.4 Å². The van der Waals surface area contributed by atoms with E-state index >= 15 is 0 Å². The highest BCUT2D eigenvalue weighted by molar-refractivity contribution is 7.90. The predicted octanol–water partition coefficient (Wildman–Crippen LogP) is 5.26. The second-order valence-corrected chi connectivity index (χ2v) is 8.44. The Hall–Kier alpha value is -3.59. The average Bonchev–Trinajstić information content (AvgIpc) is 3.12. The number of fused-ring (bicyclic) bond motifs is 1. The number of hydrogen-bond donors (Lipinski definition) is 0. The number of aldehydes is 1. The highest BCUT2D eigenvalue weighted by Gasteiger charge is 2.31. The van der Waals surface area contributed by atoms with Crippen molar-refractivity contribution >= 4 is 27.2 Å². The van der Waals surface area contributed by atoms with E-state index in [4.69, 9.17) is 0 Å². The minimum atomic E-state index is -4.79. The van der Waals surface area contributed by atoms with Crippen LogP contribution in [0.15, 0.2) is 83.9 Å². The first-order valence-electron chi connectivity index (χ1n) is 8.96. The number of aromatic nitrogens is 1. The van der Waals surface area contributed by atoms with Gasteiger partial charge >= 0.3 is 6.36 Å². The van der Waals surface area contributed by atoms with Crippen molar-refractivity contribution in [2.45, 2.75) is 11.3 Å². The van der Waals surface area contributed by atoms with E-state index in [1.54, 1.807) is 36.4 Å². The first-order chi connectivity index (χ1) is 14.7. The van der Waals surface area contributed by atoms with E-state index in [2.05, 4.69) is 4.74 Å². The summed E-state index contributed by atoms with van der Waals surface area (Å²) < 4.78 is 68.0. The number of ether oxygens (including phenoxy) is 1. The molecule has 0 saturated carbocycles. The maximum atomic E-state index is 13.0. The second-order valence-electron chi connectivity index (χ2n) is 6.62. The minimum Gasteiger partial charge on any atom is -0.406 e. The van der Waals surface area contributed by atoms with Crippen LogP contribution >= 0.6 is 0 Å². The van der Waals surface area contributed by atoms with E-state index in [1.807, 2.05) is 0 Å². The largest absolute Gasteiger partial charge is 0.573 e. The Balaban J connectivity index is 1.78. The van der Waals surface area contributed by atoms with E-state index in [1.165, 1.54) is 42.6 Å². The van der Waals surface area contributed by atoms with Gasteiger partial charge in [-0.2, -0.15) is 0 Å². The molecule has 0 amide bonds.